The molecule has 1 aromatic rings. The molecule has 1 rings (SSSR count). The van der Waals surface area contributed by atoms with E-state index in [9.17, 15) is 9.59 Å². The molecule has 88 valence electrons. The fourth-order valence-corrected chi connectivity index (χ4v) is 2.26. The topological polar surface area (TPSA) is 89.6 Å². The van der Waals surface area contributed by atoms with E-state index in [1.165, 1.54) is 7.11 Å². The molecule has 0 spiro atoms. The first kappa shape index (κ1) is 12.7. The van der Waals surface area contributed by atoms with E-state index in [1.54, 1.807) is 18.4 Å². The molecule has 0 unspecified atom stereocenters. The van der Waals surface area contributed by atoms with Crippen LogP contribution in [-0.2, 0) is 15.1 Å². The van der Waals surface area contributed by atoms with E-state index < -0.39 is 17.5 Å². The Morgan fingerprint density at radius 1 is 1.62 bits per heavy atom. The number of nitrogens with two attached hydrogens (primary N) is 1. The molecule has 5 nitrogen and oxygen atoms in total. The Bertz CT molecular complexity index is 411. The van der Waals surface area contributed by atoms with E-state index in [1.807, 2.05) is 0 Å². The molecule has 0 saturated heterocycles. The first-order valence-corrected chi connectivity index (χ1v) is 5.43. The number of thiophene rings is 1. The Morgan fingerprint density at radius 2 is 2.25 bits per heavy atom. The van der Waals surface area contributed by atoms with Crippen LogP contribution in [0.15, 0.2) is 11.4 Å². The van der Waals surface area contributed by atoms with E-state index in [4.69, 9.17) is 10.8 Å². The predicted molar refractivity (Wildman–Crippen MR) is 59.5 cm³/mol. The molecule has 0 radical (unpaired) electrons. The number of carbonyl (C=O) groups excluding carboxylic acids is 1. The first-order valence-electron chi connectivity index (χ1n) is 4.55. The standard InChI is InChI=1S/C10H13NO4S/c1-10(11,5-7(12)15-2)6-3-4-16-8(6)9(13)14/h3-4H,5,11H2,1-2H3,(H,13,14)/t10-/m0/s1. The van der Waals surface area contributed by atoms with Gasteiger partial charge in [0.05, 0.1) is 19.1 Å². The van der Waals surface area contributed by atoms with Gasteiger partial charge in [-0.3, -0.25) is 4.79 Å². The molecule has 1 atom stereocenters. The molecule has 0 aliphatic rings. The zero-order valence-electron chi connectivity index (χ0n) is 9.02. The van der Waals surface area contributed by atoms with Crippen LogP contribution in [0.2, 0.25) is 0 Å². The van der Waals surface area contributed by atoms with E-state index >= 15 is 0 Å². The predicted octanol–water partition coefficient (Wildman–Crippen LogP) is 1.18. The minimum atomic E-state index is -1.04. The molecule has 0 aliphatic heterocycles. The second kappa shape index (κ2) is 4.63. The van der Waals surface area contributed by atoms with Crippen LogP contribution in [0, 0.1) is 0 Å². The molecule has 0 bridgehead atoms. The van der Waals surface area contributed by atoms with Gasteiger partial charge >= 0.3 is 11.9 Å². The van der Waals surface area contributed by atoms with Crippen molar-refractivity contribution in [3.8, 4) is 0 Å². The fraction of sp³-hybridized carbons (Fsp3) is 0.400. The fourth-order valence-electron chi connectivity index (χ4n) is 1.39. The second-order valence-corrected chi connectivity index (χ2v) is 4.56. The third-order valence-corrected chi connectivity index (χ3v) is 3.12. The summed E-state index contributed by atoms with van der Waals surface area (Å²) in [4.78, 5) is 22.2. The SMILES string of the molecule is COC(=O)C[C@](C)(N)c1ccsc1C(=O)O. The molecule has 0 fully saturated rings. The minimum absolute atomic E-state index is 0.0550. The van der Waals surface area contributed by atoms with Crippen LogP contribution in [0.5, 0.6) is 0 Å². The zero-order chi connectivity index (χ0) is 12.3. The van der Waals surface area contributed by atoms with Crippen molar-refractivity contribution in [3.63, 3.8) is 0 Å². The molecular formula is C10H13NO4S. The summed E-state index contributed by atoms with van der Waals surface area (Å²) in [5, 5.41) is 10.6. The Kier molecular flexibility index (Phi) is 3.66. The van der Waals surface area contributed by atoms with Crippen LogP contribution in [0.3, 0.4) is 0 Å². The number of carboxylic acid groups (broad SMARTS) is 1. The van der Waals surface area contributed by atoms with Gasteiger partial charge in [-0.25, -0.2) is 4.79 Å². The molecule has 0 aromatic carbocycles. The normalized spacial score (nSPS) is 14.2. The number of rotatable bonds is 4. The highest BCUT2D eigenvalue weighted by Gasteiger charge is 2.30. The second-order valence-electron chi connectivity index (χ2n) is 3.64. The molecule has 0 aliphatic carbocycles. The highest BCUT2D eigenvalue weighted by atomic mass is 32.1. The van der Waals surface area contributed by atoms with Gasteiger partial charge in [0.1, 0.15) is 4.88 Å². The smallest absolute Gasteiger partial charge is 0.346 e. The maximum Gasteiger partial charge on any atom is 0.346 e. The average molecular weight is 243 g/mol. The zero-order valence-corrected chi connectivity index (χ0v) is 9.84. The van der Waals surface area contributed by atoms with E-state index in [0.717, 1.165) is 11.3 Å². The number of esters is 1. The van der Waals surface area contributed by atoms with Crippen molar-refractivity contribution >= 4 is 23.3 Å². The summed E-state index contributed by atoms with van der Waals surface area (Å²) < 4.78 is 4.52. The van der Waals surface area contributed by atoms with Gasteiger partial charge in [-0.1, -0.05) is 0 Å². The van der Waals surface area contributed by atoms with Crippen molar-refractivity contribution in [1.82, 2.24) is 0 Å². The van der Waals surface area contributed by atoms with Gasteiger partial charge in [-0.05, 0) is 23.9 Å². The first-order chi connectivity index (χ1) is 7.38. The number of hydrogen-bond donors (Lipinski definition) is 2. The number of aromatic carboxylic acids is 1. The number of ether oxygens (including phenoxy) is 1. The maximum atomic E-state index is 11.2. The lowest BCUT2D eigenvalue weighted by Crippen LogP contribution is -2.36. The Morgan fingerprint density at radius 3 is 2.75 bits per heavy atom. The Hall–Kier alpha value is -1.40. The number of carboxylic acids is 1. The molecule has 0 amide bonds. The van der Waals surface area contributed by atoms with Gasteiger partial charge in [0.25, 0.3) is 0 Å². The highest BCUT2D eigenvalue weighted by molar-refractivity contribution is 7.12. The quantitative estimate of drug-likeness (QED) is 0.775. The van der Waals surface area contributed by atoms with Crippen molar-refractivity contribution in [2.75, 3.05) is 7.11 Å². The average Bonchev–Trinajstić information content (AvgIpc) is 2.65. The summed E-state index contributed by atoms with van der Waals surface area (Å²) >= 11 is 1.09. The molecule has 1 heterocycles. The largest absolute Gasteiger partial charge is 0.477 e. The molecular weight excluding hydrogens is 230 g/mol. The summed E-state index contributed by atoms with van der Waals surface area (Å²) in [7, 11) is 1.27. The van der Waals surface area contributed by atoms with E-state index in [2.05, 4.69) is 4.74 Å². The van der Waals surface area contributed by atoms with Crippen LogP contribution in [0.4, 0.5) is 0 Å². The molecule has 16 heavy (non-hydrogen) atoms. The summed E-state index contributed by atoms with van der Waals surface area (Å²) in [6.45, 7) is 1.61. The summed E-state index contributed by atoms with van der Waals surface area (Å²) in [5.41, 5.74) is 5.37. The van der Waals surface area contributed by atoms with Gasteiger partial charge in [0.2, 0.25) is 0 Å². The van der Waals surface area contributed by atoms with Gasteiger partial charge in [-0.15, -0.1) is 11.3 Å². The number of carbonyl (C=O) groups is 2. The van der Waals surface area contributed by atoms with E-state index in [0.29, 0.717) is 5.56 Å². The number of methoxy groups -OCH3 is 1. The summed E-state index contributed by atoms with van der Waals surface area (Å²) in [6, 6.07) is 1.62. The monoisotopic (exact) mass is 243 g/mol. The Labute approximate surface area is 96.8 Å². The lowest BCUT2D eigenvalue weighted by Gasteiger charge is -2.23. The third kappa shape index (κ3) is 2.59. The van der Waals surface area contributed by atoms with Crippen molar-refractivity contribution in [1.29, 1.82) is 0 Å². The van der Waals surface area contributed by atoms with Crippen molar-refractivity contribution in [3.05, 3.63) is 21.9 Å². The molecule has 3 N–H and O–H groups in total. The maximum absolute atomic E-state index is 11.2. The van der Waals surface area contributed by atoms with Crippen LogP contribution < -0.4 is 5.73 Å². The van der Waals surface area contributed by atoms with Crippen molar-refractivity contribution in [2.24, 2.45) is 5.73 Å². The van der Waals surface area contributed by atoms with Crippen LogP contribution in [0.25, 0.3) is 0 Å². The molecule has 6 heteroatoms. The summed E-state index contributed by atoms with van der Waals surface area (Å²) in [5.74, 6) is -1.50. The van der Waals surface area contributed by atoms with Crippen LogP contribution in [-0.4, -0.2) is 24.2 Å². The summed E-state index contributed by atoms with van der Waals surface area (Å²) in [6.07, 6.45) is -0.0550. The van der Waals surface area contributed by atoms with Crippen molar-refractivity contribution in [2.45, 2.75) is 18.9 Å². The lowest BCUT2D eigenvalue weighted by atomic mass is 9.90. The van der Waals surface area contributed by atoms with Crippen LogP contribution in [0.1, 0.15) is 28.6 Å². The van der Waals surface area contributed by atoms with Gasteiger partial charge in [0, 0.05) is 0 Å². The highest BCUT2D eigenvalue weighted by Crippen LogP contribution is 2.29. The van der Waals surface area contributed by atoms with Crippen molar-refractivity contribution < 1.29 is 19.4 Å². The van der Waals surface area contributed by atoms with Gasteiger partial charge in [-0.2, -0.15) is 0 Å². The minimum Gasteiger partial charge on any atom is -0.477 e. The van der Waals surface area contributed by atoms with Gasteiger partial charge in [0.15, 0.2) is 0 Å². The Balaban J connectivity index is 3.02. The molecule has 1 aromatic heterocycles. The molecule has 0 saturated carbocycles. The van der Waals surface area contributed by atoms with Gasteiger partial charge < -0.3 is 15.6 Å². The van der Waals surface area contributed by atoms with Crippen LogP contribution >= 0.6 is 11.3 Å². The van der Waals surface area contributed by atoms with E-state index in [-0.39, 0.29) is 11.3 Å². The lowest BCUT2D eigenvalue weighted by molar-refractivity contribution is -0.142. The third-order valence-electron chi connectivity index (χ3n) is 2.21. The number of hydrogen-bond acceptors (Lipinski definition) is 5.